The summed E-state index contributed by atoms with van der Waals surface area (Å²) < 4.78 is 10.4. The van der Waals surface area contributed by atoms with Crippen molar-refractivity contribution in [2.75, 3.05) is 50.6 Å². The lowest BCUT2D eigenvalue weighted by Gasteiger charge is -2.36. The Bertz CT molecular complexity index is 1280. The maximum absolute atomic E-state index is 13.0. The molecule has 0 aliphatic carbocycles. The Hall–Kier alpha value is -3.82. The largest absolute Gasteiger partial charge is 0.497 e. The van der Waals surface area contributed by atoms with Gasteiger partial charge in [0.1, 0.15) is 11.5 Å². The second-order valence-electron chi connectivity index (χ2n) is 8.31. The number of hydrogen-bond donors (Lipinski definition) is 2. The average Bonchev–Trinajstić information content (AvgIpc) is 2.93. The van der Waals surface area contributed by atoms with Gasteiger partial charge in [0.2, 0.25) is 0 Å². The Morgan fingerprint density at radius 2 is 1.57 bits per heavy atom. The van der Waals surface area contributed by atoms with Crippen molar-refractivity contribution in [3.63, 3.8) is 0 Å². The number of anilines is 2. The van der Waals surface area contributed by atoms with Crippen molar-refractivity contribution in [1.29, 1.82) is 0 Å². The topological polar surface area (TPSA) is 83.1 Å². The number of halogens is 1. The highest BCUT2D eigenvalue weighted by Crippen LogP contribution is 2.26. The summed E-state index contributed by atoms with van der Waals surface area (Å²) in [6.07, 6.45) is 0. The monoisotopic (exact) mass is 538 g/mol. The lowest BCUT2D eigenvalue weighted by molar-refractivity contribution is 0.0743. The SMILES string of the molecule is COc1ccc(C(=O)NC(=S)Nc2ccc(N3CCN(C(=O)c4cc(Cl)ccc4OC)CC3)cc2)cc1. The predicted octanol–water partition coefficient (Wildman–Crippen LogP) is 4.45. The van der Waals surface area contributed by atoms with Crippen LogP contribution in [0.25, 0.3) is 0 Å². The molecule has 0 aromatic heterocycles. The van der Waals surface area contributed by atoms with E-state index in [1.807, 2.05) is 29.2 Å². The number of carbonyl (C=O) groups is 2. The third kappa shape index (κ3) is 6.49. The van der Waals surface area contributed by atoms with E-state index in [0.717, 1.165) is 11.4 Å². The van der Waals surface area contributed by atoms with Gasteiger partial charge >= 0.3 is 0 Å². The summed E-state index contributed by atoms with van der Waals surface area (Å²) in [5.74, 6) is 0.785. The molecule has 1 heterocycles. The fourth-order valence-electron chi connectivity index (χ4n) is 4.02. The third-order valence-corrected chi connectivity index (χ3v) is 6.47. The lowest BCUT2D eigenvalue weighted by Crippen LogP contribution is -2.48. The molecule has 1 saturated heterocycles. The van der Waals surface area contributed by atoms with Crippen molar-refractivity contribution in [3.8, 4) is 11.5 Å². The van der Waals surface area contributed by atoms with Crippen LogP contribution in [0.3, 0.4) is 0 Å². The molecule has 0 saturated carbocycles. The maximum atomic E-state index is 13.0. The molecule has 0 bridgehead atoms. The number of hydrogen-bond acceptors (Lipinski definition) is 6. The first-order chi connectivity index (χ1) is 17.9. The van der Waals surface area contributed by atoms with Crippen LogP contribution in [-0.4, -0.2) is 62.2 Å². The number of rotatable bonds is 6. The van der Waals surface area contributed by atoms with Gasteiger partial charge in [0.05, 0.1) is 19.8 Å². The van der Waals surface area contributed by atoms with Crippen LogP contribution < -0.4 is 25.0 Å². The van der Waals surface area contributed by atoms with Gasteiger partial charge in [-0.3, -0.25) is 14.9 Å². The molecule has 192 valence electrons. The molecule has 3 aromatic rings. The summed E-state index contributed by atoms with van der Waals surface area (Å²) in [5.41, 5.74) is 2.73. The van der Waals surface area contributed by atoms with Crippen molar-refractivity contribution < 1.29 is 19.1 Å². The van der Waals surface area contributed by atoms with Crippen LogP contribution in [0.4, 0.5) is 11.4 Å². The van der Waals surface area contributed by atoms with Crippen molar-refractivity contribution in [1.82, 2.24) is 10.2 Å². The number of methoxy groups -OCH3 is 2. The van der Waals surface area contributed by atoms with Crippen LogP contribution in [-0.2, 0) is 0 Å². The number of ether oxygens (including phenoxy) is 2. The van der Waals surface area contributed by atoms with E-state index in [4.69, 9.17) is 33.3 Å². The molecule has 4 rings (SSSR count). The molecule has 10 heteroatoms. The second kappa shape index (κ2) is 11.9. The smallest absolute Gasteiger partial charge is 0.257 e. The van der Waals surface area contributed by atoms with E-state index >= 15 is 0 Å². The molecule has 2 amide bonds. The summed E-state index contributed by atoms with van der Waals surface area (Å²) in [7, 11) is 3.11. The Morgan fingerprint density at radius 1 is 0.892 bits per heavy atom. The molecule has 1 aliphatic heterocycles. The van der Waals surface area contributed by atoms with Gasteiger partial charge in [0, 0.05) is 48.1 Å². The zero-order chi connectivity index (χ0) is 26.4. The summed E-state index contributed by atoms with van der Waals surface area (Å²) in [5, 5.41) is 6.41. The molecule has 1 fully saturated rings. The standard InChI is InChI=1S/C27H27ClN4O4S/c1-35-22-10-3-18(4-11-22)25(33)30-27(37)29-20-6-8-21(9-7-20)31-13-15-32(16-14-31)26(34)23-17-19(28)5-12-24(23)36-2/h3-12,17H,13-16H2,1-2H3,(H2,29,30,33,37). The average molecular weight is 539 g/mol. The fourth-order valence-corrected chi connectivity index (χ4v) is 4.40. The zero-order valence-electron chi connectivity index (χ0n) is 20.5. The van der Waals surface area contributed by atoms with E-state index in [1.54, 1.807) is 49.6 Å². The Morgan fingerprint density at radius 3 is 2.19 bits per heavy atom. The molecule has 0 spiro atoms. The number of piperazine rings is 1. The quantitative estimate of drug-likeness (QED) is 0.449. The number of nitrogens with zero attached hydrogens (tertiary/aromatic N) is 2. The predicted molar refractivity (Wildman–Crippen MR) is 149 cm³/mol. The minimum Gasteiger partial charge on any atom is -0.497 e. The molecule has 3 aromatic carbocycles. The van der Waals surface area contributed by atoms with E-state index < -0.39 is 0 Å². The molecular weight excluding hydrogens is 512 g/mol. The van der Waals surface area contributed by atoms with Gasteiger partial charge in [0.25, 0.3) is 11.8 Å². The first-order valence-corrected chi connectivity index (χ1v) is 12.4. The fraction of sp³-hybridized carbons (Fsp3) is 0.222. The molecule has 0 radical (unpaired) electrons. The van der Waals surface area contributed by atoms with Crippen molar-refractivity contribution in [2.45, 2.75) is 0 Å². The van der Waals surface area contributed by atoms with Gasteiger partial charge in [-0.2, -0.15) is 0 Å². The summed E-state index contributed by atoms with van der Waals surface area (Å²) in [4.78, 5) is 29.5. The van der Waals surface area contributed by atoms with Crippen LogP contribution in [0.1, 0.15) is 20.7 Å². The van der Waals surface area contributed by atoms with Crippen molar-refractivity contribution >= 4 is 52.1 Å². The molecular formula is C27H27ClN4O4S. The maximum Gasteiger partial charge on any atom is 0.257 e. The Balaban J connectivity index is 1.29. The minimum atomic E-state index is -0.306. The zero-order valence-corrected chi connectivity index (χ0v) is 22.1. The minimum absolute atomic E-state index is 0.0938. The summed E-state index contributed by atoms with van der Waals surface area (Å²) >= 11 is 11.4. The molecule has 1 aliphatic rings. The first-order valence-electron chi connectivity index (χ1n) is 11.6. The Labute approximate surface area is 226 Å². The van der Waals surface area contributed by atoms with Gasteiger partial charge in [-0.1, -0.05) is 11.6 Å². The van der Waals surface area contributed by atoms with Gasteiger partial charge < -0.3 is 24.6 Å². The lowest BCUT2D eigenvalue weighted by atomic mass is 10.1. The van der Waals surface area contributed by atoms with Crippen molar-refractivity contribution in [2.24, 2.45) is 0 Å². The normalized spacial score (nSPS) is 13.1. The molecule has 0 unspecified atom stereocenters. The van der Waals surface area contributed by atoms with Crippen molar-refractivity contribution in [3.05, 3.63) is 82.9 Å². The van der Waals surface area contributed by atoms with E-state index in [0.29, 0.717) is 53.8 Å². The highest BCUT2D eigenvalue weighted by Gasteiger charge is 2.24. The highest BCUT2D eigenvalue weighted by atomic mass is 35.5. The number of carbonyl (C=O) groups excluding carboxylic acids is 2. The summed E-state index contributed by atoms with van der Waals surface area (Å²) in [6.45, 7) is 2.54. The number of thiocarbonyl (C=S) groups is 1. The van der Waals surface area contributed by atoms with Crippen LogP contribution >= 0.6 is 23.8 Å². The van der Waals surface area contributed by atoms with Crippen LogP contribution in [0.2, 0.25) is 5.02 Å². The van der Waals surface area contributed by atoms with E-state index in [9.17, 15) is 9.59 Å². The molecule has 37 heavy (non-hydrogen) atoms. The van der Waals surface area contributed by atoms with E-state index in [1.165, 1.54) is 7.11 Å². The number of amides is 2. The van der Waals surface area contributed by atoms with Crippen LogP contribution in [0.15, 0.2) is 66.7 Å². The van der Waals surface area contributed by atoms with Gasteiger partial charge in [-0.05, 0) is 78.9 Å². The summed E-state index contributed by atoms with van der Waals surface area (Å²) in [6, 6.07) is 19.6. The second-order valence-corrected chi connectivity index (χ2v) is 9.15. The molecule has 8 nitrogen and oxygen atoms in total. The molecule has 0 atom stereocenters. The first kappa shape index (κ1) is 26.2. The van der Waals surface area contributed by atoms with Gasteiger partial charge in [-0.25, -0.2) is 0 Å². The van der Waals surface area contributed by atoms with E-state index in [2.05, 4.69) is 15.5 Å². The van der Waals surface area contributed by atoms with Crippen LogP contribution in [0.5, 0.6) is 11.5 Å². The van der Waals surface area contributed by atoms with Gasteiger partial charge in [-0.15, -0.1) is 0 Å². The number of benzene rings is 3. The number of nitrogens with one attached hydrogen (secondary N) is 2. The molecule has 2 N–H and O–H groups in total. The van der Waals surface area contributed by atoms with Crippen LogP contribution in [0, 0.1) is 0 Å². The Kier molecular flexibility index (Phi) is 8.47. The van der Waals surface area contributed by atoms with E-state index in [-0.39, 0.29) is 16.9 Å². The highest BCUT2D eigenvalue weighted by molar-refractivity contribution is 7.80. The third-order valence-electron chi connectivity index (χ3n) is 6.03. The van der Waals surface area contributed by atoms with Gasteiger partial charge in [0.15, 0.2) is 5.11 Å².